The molecule has 0 saturated carbocycles. The Morgan fingerprint density at radius 1 is 0.702 bits per heavy atom. The largest absolute Gasteiger partial charge is 0.373 e. The van der Waals surface area contributed by atoms with Crippen LogP contribution >= 0.6 is 68.8 Å². The summed E-state index contributed by atoms with van der Waals surface area (Å²) in [5.74, 6) is 0.210. The summed E-state index contributed by atoms with van der Waals surface area (Å²) in [5, 5.41) is 7.39. The average Bonchev–Trinajstić information content (AvgIpc) is 4.06. The Balaban J connectivity index is 0.000000152. The first-order valence-corrected chi connectivity index (χ1v) is 22.3. The number of aromatic nitrogens is 3. The smallest absolute Gasteiger partial charge is 0.338 e. The summed E-state index contributed by atoms with van der Waals surface area (Å²) in [6.07, 6.45) is 14.0. The van der Waals surface area contributed by atoms with Crippen LogP contribution in [0.3, 0.4) is 0 Å². The molecule has 1 atom stereocenters. The number of carbonyl (C=O) groups excluding carboxylic acids is 4. The van der Waals surface area contributed by atoms with Gasteiger partial charge in [0.25, 0.3) is 11.8 Å². The molecule has 3 aliphatic heterocycles. The van der Waals surface area contributed by atoms with Crippen molar-refractivity contribution in [1.29, 1.82) is 0 Å². The number of thiophene rings is 3. The second-order valence-corrected chi connectivity index (χ2v) is 17.8. The summed E-state index contributed by atoms with van der Waals surface area (Å²) in [5.41, 5.74) is 2.60. The SMILES string of the molecule is C1CCNCC1.CN(C)[C@H]1CCN(C(=O)c2cc3nccc(Cl)c3s2)C1.Clc1ccnc2ccsc12.O=C(c1cc2nccc(Cl)c2s1)N1CCCCC1.O=C=O. The average molecular weight is 889 g/mol. The van der Waals surface area contributed by atoms with Crippen molar-refractivity contribution in [3.05, 3.63) is 85.2 Å². The van der Waals surface area contributed by atoms with E-state index in [1.807, 2.05) is 33.4 Å². The van der Waals surface area contributed by atoms with E-state index in [1.54, 1.807) is 48.1 Å². The van der Waals surface area contributed by atoms with Crippen LogP contribution in [0.1, 0.15) is 64.3 Å². The molecule has 11 nitrogen and oxygen atoms in total. The number of hydrogen-bond donors (Lipinski definition) is 1. The second kappa shape index (κ2) is 22.6. The van der Waals surface area contributed by atoms with Crippen LogP contribution in [-0.4, -0.2) is 107 Å². The van der Waals surface area contributed by atoms with Crippen molar-refractivity contribution in [3.63, 3.8) is 0 Å². The third-order valence-electron chi connectivity index (χ3n) is 9.48. The zero-order valence-electron chi connectivity index (χ0n) is 31.7. The first-order chi connectivity index (χ1) is 27.6. The fraction of sp³-hybridized carbons (Fsp3) is 0.400. The van der Waals surface area contributed by atoms with E-state index in [1.165, 1.54) is 61.4 Å². The van der Waals surface area contributed by atoms with Gasteiger partial charge in [-0.05, 0) is 107 Å². The van der Waals surface area contributed by atoms with Crippen molar-refractivity contribution in [3.8, 4) is 0 Å². The number of fused-ring (bicyclic) bond motifs is 3. The Bertz CT molecular complexity index is 2250. The van der Waals surface area contributed by atoms with Gasteiger partial charge in [-0.2, -0.15) is 9.59 Å². The highest BCUT2D eigenvalue weighted by Gasteiger charge is 2.29. The predicted octanol–water partition coefficient (Wildman–Crippen LogP) is 9.43. The Morgan fingerprint density at radius 2 is 1.19 bits per heavy atom. The second-order valence-electron chi connectivity index (χ2n) is 13.6. The maximum atomic E-state index is 12.5. The Hall–Kier alpha value is -3.56. The summed E-state index contributed by atoms with van der Waals surface area (Å²) in [7, 11) is 4.11. The van der Waals surface area contributed by atoms with Crippen molar-refractivity contribution in [2.45, 2.75) is 51.0 Å². The van der Waals surface area contributed by atoms with Gasteiger partial charge in [-0.15, -0.1) is 34.0 Å². The number of likely N-dealkylation sites (tertiary alicyclic amines) is 2. The van der Waals surface area contributed by atoms with Gasteiger partial charge in [0.05, 0.1) is 55.5 Å². The zero-order valence-corrected chi connectivity index (χ0v) is 36.4. The first kappa shape index (κ1) is 44.5. The van der Waals surface area contributed by atoms with Crippen LogP contribution in [0.2, 0.25) is 15.1 Å². The lowest BCUT2D eigenvalue weighted by atomic mass is 10.1. The van der Waals surface area contributed by atoms with Gasteiger partial charge in [0.1, 0.15) is 0 Å². The van der Waals surface area contributed by atoms with Crippen molar-refractivity contribution in [2.75, 3.05) is 53.4 Å². The number of nitrogens with one attached hydrogen (secondary N) is 1. The molecule has 0 radical (unpaired) electrons. The van der Waals surface area contributed by atoms with E-state index in [2.05, 4.69) is 39.3 Å². The van der Waals surface area contributed by atoms with Crippen molar-refractivity contribution >= 4 is 117 Å². The van der Waals surface area contributed by atoms with Gasteiger partial charge in [-0.3, -0.25) is 24.5 Å². The molecule has 1 N–H and O–H groups in total. The van der Waals surface area contributed by atoms with Gasteiger partial charge < -0.3 is 20.0 Å². The normalized spacial score (nSPS) is 16.4. The topological polar surface area (TPSA) is 129 Å². The standard InChI is InChI=1S/C14H16ClN3OS.C13H13ClN2OS.C7H4ClNS.C5H11N.CO2/c1-17(2)9-4-6-18(8-9)14(19)12-7-11-13(20-12)10(15)3-5-16-11;14-9-4-5-15-10-8-11(18-12(9)10)13(17)16-6-2-1-3-7-16;8-5-1-3-9-6-2-4-10-7(5)6;1-2-4-6-5-3-1;2-1-3/h3,5,7,9H,4,6,8H2,1-2H3;4-5,8H,1-3,6-7H2;1-4H;6H,1-5H2;/t9-;;;;/m0..../s1. The molecule has 302 valence electrons. The van der Waals surface area contributed by atoms with Gasteiger partial charge in [-0.1, -0.05) is 41.2 Å². The van der Waals surface area contributed by atoms with Gasteiger partial charge in [0, 0.05) is 50.8 Å². The molecule has 6 aromatic rings. The summed E-state index contributed by atoms with van der Waals surface area (Å²) in [4.78, 5) is 61.3. The summed E-state index contributed by atoms with van der Waals surface area (Å²) < 4.78 is 2.87. The molecule has 57 heavy (non-hydrogen) atoms. The van der Waals surface area contributed by atoms with E-state index in [9.17, 15) is 9.59 Å². The number of carbonyl (C=O) groups is 2. The third-order valence-corrected chi connectivity index (χ3v) is 14.0. The van der Waals surface area contributed by atoms with Crippen molar-refractivity contribution in [1.82, 2.24) is 35.0 Å². The molecule has 2 amide bonds. The lowest BCUT2D eigenvalue weighted by molar-refractivity contribution is -0.191. The van der Waals surface area contributed by atoms with Crippen LogP contribution in [0, 0.1) is 0 Å². The number of halogens is 3. The molecule has 6 aromatic heterocycles. The molecule has 0 bridgehead atoms. The number of rotatable bonds is 3. The summed E-state index contributed by atoms with van der Waals surface area (Å²) >= 11 is 22.6. The molecule has 17 heteroatoms. The van der Waals surface area contributed by atoms with E-state index in [-0.39, 0.29) is 18.0 Å². The third kappa shape index (κ3) is 12.5. The number of likely N-dealkylation sites (N-methyl/N-ethyl adjacent to an activating group) is 1. The molecule has 3 fully saturated rings. The maximum Gasteiger partial charge on any atom is 0.373 e. The monoisotopic (exact) mass is 887 g/mol. The number of amides is 2. The Kier molecular flexibility index (Phi) is 17.6. The van der Waals surface area contributed by atoms with Crippen LogP contribution < -0.4 is 5.32 Å². The minimum atomic E-state index is 0.0911. The lowest BCUT2D eigenvalue weighted by Gasteiger charge is -2.26. The van der Waals surface area contributed by atoms with Gasteiger partial charge >= 0.3 is 6.15 Å². The van der Waals surface area contributed by atoms with E-state index in [4.69, 9.17) is 44.4 Å². The molecule has 3 saturated heterocycles. The maximum absolute atomic E-state index is 12.5. The van der Waals surface area contributed by atoms with E-state index >= 15 is 0 Å². The highest BCUT2D eigenvalue weighted by Crippen LogP contribution is 2.33. The van der Waals surface area contributed by atoms with Crippen molar-refractivity contribution < 1.29 is 19.2 Å². The number of pyridine rings is 3. The lowest BCUT2D eigenvalue weighted by Crippen LogP contribution is -2.35. The fourth-order valence-electron chi connectivity index (χ4n) is 6.42. The number of hydrogen-bond acceptors (Lipinski definition) is 12. The molecule has 0 unspecified atom stereocenters. The number of piperidine rings is 2. The molecule has 9 heterocycles. The van der Waals surface area contributed by atoms with E-state index in [0.717, 1.165) is 90.9 Å². The van der Waals surface area contributed by atoms with Crippen LogP contribution in [0.4, 0.5) is 0 Å². The zero-order chi connectivity index (χ0) is 40.7. The fourth-order valence-corrected chi connectivity index (χ4v) is 9.98. The molecule has 0 spiro atoms. The van der Waals surface area contributed by atoms with Crippen LogP contribution in [-0.2, 0) is 9.59 Å². The van der Waals surface area contributed by atoms with Gasteiger partial charge in [-0.25, -0.2) is 0 Å². The Morgan fingerprint density at radius 3 is 1.63 bits per heavy atom. The Labute approximate surface area is 358 Å². The summed E-state index contributed by atoms with van der Waals surface area (Å²) in [6, 6.07) is 11.4. The highest BCUT2D eigenvalue weighted by molar-refractivity contribution is 7.21. The molecule has 0 aliphatic carbocycles. The molecule has 0 aromatic carbocycles. The van der Waals surface area contributed by atoms with Gasteiger partial charge in [0.15, 0.2) is 0 Å². The number of nitrogens with zero attached hydrogens (tertiary/aromatic N) is 6. The van der Waals surface area contributed by atoms with E-state index in [0.29, 0.717) is 16.1 Å². The minimum Gasteiger partial charge on any atom is -0.338 e. The van der Waals surface area contributed by atoms with Crippen molar-refractivity contribution in [2.24, 2.45) is 0 Å². The van der Waals surface area contributed by atoms with Crippen LogP contribution in [0.15, 0.2) is 60.4 Å². The predicted molar refractivity (Wildman–Crippen MR) is 233 cm³/mol. The van der Waals surface area contributed by atoms with Gasteiger partial charge in [0.2, 0.25) is 0 Å². The molecule has 3 aliphatic rings. The molecular weight excluding hydrogens is 845 g/mol. The molecule has 9 rings (SSSR count). The van der Waals surface area contributed by atoms with E-state index < -0.39 is 0 Å². The highest BCUT2D eigenvalue weighted by atomic mass is 35.5. The van der Waals surface area contributed by atoms with Crippen LogP contribution in [0.25, 0.3) is 30.6 Å². The molecular formula is C40H44Cl3N7O4S3. The minimum absolute atomic E-state index is 0.0911. The first-order valence-electron chi connectivity index (χ1n) is 18.6. The van der Waals surface area contributed by atoms with Crippen LogP contribution in [0.5, 0.6) is 0 Å². The quantitative estimate of drug-likeness (QED) is 0.185. The summed E-state index contributed by atoms with van der Waals surface area (Å²) in [6.45, 7) is 5.85.